The topological polar surface area (TPSA) is 72.5 Å². The minimum atomic E-state index is -1.06. The zero-order valence-corrected chi connectivity index (χ0v) is 9.73. The van der Waals surface area contributed by atoms with E-state index >= 15 is 0 Å². The molecule has 0 aromatic heterocycles. The third-order valence-electron chi connectivity index (χ3n) is 2.53. The number of hydrogen-bond acceptors (Lipinski definition) is 3. The molecule has 0 aliphatic rings. The van der Waals surface area contributed by atoms with Crippen LogP contribution in [-0.4, -0.2) is 18.2 Å². The summed E-state index contributed by atoms with van der Waals surface area (Å²) in [5, 5.41) is 8.85. The Morgan fingerprint density at radius 3 is 2.50 bits per heavy atom. The fourth-order valence-electron chi connectivity index (χ4n) is 1.48. The van der Waals surface area contributed by atoms with Gasteiger partial charge >= 0.3 is 5.97 Å². The van der Waals surface area contributed by atoms with Gasteiger partial charge in [0.2, 0.25) is 0 Å². The third-order valence-corrected chi connectivity index (χ3v) is 2.53. The van der Waals surface area contributed by atoms with Gasteiger partial charge in [-0.1, -0.05) is 26.0 Å². The molecule has 0 fully saturated rings. The van der Waals surface area contributed by atoms with E-state index in [4.69, 9.17) is 15.6 Å². The predicted octanol–water partition coefficient (Wildman–Crippen LogP) is 1.90. The molecular weight excluding hydrogens is 206 g/mol. The molecule has 0 saturated carbocycles. The molecule has 1 atom stereocenters. The van der Waals surface area contributed by atoms with Gasteiger partial charge in [0.1, 0.15) is 11.8 Å². The van der Waals surface area contributed by atoms with Crippen LogP contribution in [0.5, 0.6) is 5.75 Å². The highest BCUT2D eigenvalue weighted by molar-refractivity contribution is 5.76. The molecule has 4 nitrogen and oxygen atoms in total. The second-order valence-electron chi connectivity index (χ2n) is 3.97. The van der Waals surface area contributed by atoms with Gasteiger partial charge in [-0.05, 0) is 17.5 Å². The number of methoxy groups -OCH3 is 1. The van der Waals surface area contributed by atoms with Crippen molar-refractivity contribution in [1.29, 1.82) is 0 Å². The molecule has 88 valence electrons. The van der Waals surface area contributed by atoms with Crippen molar-refractivity contribution in [2.75, 3.05) is 7.11 Å². The monoisotopic (exact) mass is 223 g/mol. The van der Waals surface area contributed by atoms with E-state index in [1.165, 1.54) is 7.11 Å². The fourth-order valence-corrected chi connectivity index (χ4v) is 1.48. The number of ether oxygens (including phenoxy) is 1. The van der Waals surface area contributed by atoms with Gasteiger partial charge in [-0.3, -0.25) is 4.79 Å². The van der Waals surface area contributed by atoms with Gasteiger partial charge in [0, 0.05) is 5.56 Å². The molecule has 1 rings (SSSR count). The standard InChI is InChI=1S/C12H17NO3/c1-7(2)8-4-5-9(10(6-8)16-3)11(13)12(14)15/h4-7,11H,13H2,1-3H3,(H,14,15). The number of carbonyl (C=O) groups is 1. The van der Waals surface area contributed by atoms with Crippen molar-refractivity contribution >= 4 is 5.97 Å². The molecule has 0 bridgehead atoms. The number of rotatable bonds is 4. The molecule has 0 aliphatic heterocycles. The first-order valence-corrected chi connectivity index (χ1v) is 5.13. The lowest BCUT2D eigenvalue weighted by Gasteiger charge is -2.14. The van der Waals surface area contributed by atoms with Gasteiger partial charge in [0.05, 0.1) is 7.11 Å². The van der Waals surface area contributed by atoms with Gasteiger partial charge in [0.25, 0.3) is 0 Å². The Labute approximate surface area is 95.0 Å². The van der Waals surface area contributed by atoms with Crippen molar-refractivity contribution < 1.29 is 14.6 Å². The number of nitrogens with two attached hydrogens (primary N) is 1. The Morgan fingerprint density at radius 2 is 2.06 bits per heavy atom. The minimum Gasteiger partial charge on any atom is -0.496 e. The number of carboxylic acids is 1. The average molecular weight is 223 g/mol. The Kier molecular flexibility index (Phi) is 3.90. The molecular formula is C12H17NO3. The van der Waals surface area contributed by atoms with E-state index in [0.717, 1.165) is 5.56 Å². The molecule has 1 aromatic rings. The quantitative estimate of drug-likeness (QED) is 0.817. The second-order valence-corrected chi connectivity index (χ2v) is 3.97. The maximum atomic E-state index is 10.8. The van der Waals surface area contributed by atoms with E-state index in [-0.39, 0.29) is 0 Å². The Hall–Kier alpha value is -1.55. The van der Waals surface area contributed by atoms with E-state index in [1.54, 1.807) is 6.07 Å². The Morgan fingerprint density at radius 1 is 1.44 bits per heavy atom. The first-order chi connectivity index (χ1) is 7.47. The fraction of sp³-hybridized carbons (Fsp3) is 0.417. The van der Waals surface area contributed by atoms with Gasteiger partial charge in [-0.15, -0.1) is 0 Å². The largest absolute Gasteiger partial charge is 0.496 e. The summed E-state index contributed by atoms with van der Waals surface area (Å²) in [6, 6.07) is 4.39. The maximum Gasteiger partial charge on any atom is 0.325 e. The van der Waals surface area contributed by atoms with Crippen molar-refractivity contribution in [3.05, 3.63) is 29.3 Å². The Balaban J connectivity index is 3.16. The predicted molar refractivity (Wildman–Crippen MR) is 61.6 cm³/mol. The van der Waals surface area contributed by atoms with Crippen LogP contribution in [0, 0.1) is 0 Å². The molecule has 16 heavy (non-hydrogen) atoms. The van der Waals surface area contributed by atoms with Crippen LogP contribution in [0.2, 0.25) is 0 Å². The van der Waals surface area contributed by atoms with Gasteiger partial charge < -0.3 is 15.6 Å². The van der Waals surface area contributed by atoms with Crippen molar-refractivity contribution in [3.63, 3.8) is 0 Å². The second kappa shape index (κ2) is 4.99. The summed E-state index contributed by atoms with van der Waals surface area (Å²) in [6.45, 7) is 4.12. The minimum absolute atomic E-state index is 0.365. The van der Waals surface area contributed by atoms with Crippen molar-refractivity contribution in [2.24, 2.45) is 5.73 Å². The van der Waals surface area contributed by atoms with Gasteiger partial charge in [-0.2, -0.15) is 0 Å². The summed E-state index contributed by atoms with van der Waals surface area (Å²) in [7, 11) is 1.51. The van der Waals surface area contributed by atoms with E-state index in [2.05, 4.69) is 13.8 Å². The number of hydrogen-bond donors (Lipinski definition) is 2. The first kappa shape index (κ1) is 12.5. The highest BCUT2D eigenvalue weighted by Gasteiger charge is 2.19. The van der Waals surface area contributed by atoms with Crippen molar-refractivity contribution in [1.82, 2.24) is 0 Å². The number of benzene rings is 1. The van der Waals surface area contributed by atoms with Crippen LogP contribution in [0.1, 0.15) is 36.9 Å². The van der Waals surface area contributed by atoms with Crippen molar-refractivity contribution in [3.8, 4) is 5.75 Å². The maximum absolute atomic E-state index is 10.8. The average Bonchev–Trinajstić information content (AvgIpc) is 2.26. The van der Waals surface area contributed by atoms with Crippen molar-refractivity contribution in [2.45, 2.75) is 25.8 Å². The molecule has 0 spiro atoms. The smallest absolute Gasteiger partial charge is 0.325 e. The van der Waals surface area contributed by atoms with Crippen LogP contribution >= 0.6 is 0 Å². The van der Waals surface area contributed by atoms with Crippen LogP contribution in [-0.2, 0) is 4.79 Å². The summed E-state index contributed by atoms with van der Waals surface area (Å²) < 4.78 is 5.16. The van der Waals surface area contributed by atoms with E-state index in [1.807, 2.05) is 12.1 Å². The zero-order chi connectivity index (χ0) is 12.3. The lowest BCUT2D eigenvalue weighted by Crippen LogP contribution is -2.21. The molecule has 0 saturated heterocycles. The molecule has 1 aromatic carbocycles. The molecule has 4 heteroatoms. The lowest BCUT2D eigenvalue weighted by molar-refractivity contribution is -0.138. The van der Waals surface area contributed by atoms with Crippen LogP contribution in [0.25, 0.3) is 0 Å². The van der Waals surface area contributed by atoms with E-state index in [0.29, 0.717) is 17.2 Å². The zero-order valence-electron chi connectivity index (χ0n) is 9.73. The highest BCUT2D eigenvalue weighted by atomic mass is 16.5. The van der Waals surface area contributed by atoms with E-state index in [9.17, 15) is 4.79 Å². The normalized spacial score (nSPS) is 12.6. The first-order valence-electron chi connectivity index (χ1n) is 5.13. The SMILES string of the molecule is COc1cc(C(C)C)ccc1C(N)C(=O)O. The van der Waals surface area contributed by atoms with Gasteiger partial charge in [-0.25, -0.2) is 0 Å². The molecule has 0 aliphatic carbocycles. The summed E-state index contributed by atoms with van der Waals surface area (Å²) in [6.07, 6.45) is 0. The van der Waals surface area contributed by atoms with Crippen LogP contribution < -0.4 is 10.5 Å². The molecule has 0 amide bonds. The molecule has 1 unspecified atom stereocenters. The van der Waals surface area contributed by atoms with E-state index < -0.39 is 12.0 Å². The van der Waals surface area contributed by atoms with Crippen LogP contribution in [0.3, 0.4) is 0 Å². The Bertz CT molecular complexity index is 388. The summed E-state index contributed by atoms with van der Waals surface area (Å²) in [5.74, 6) is -0.166. The van der Waals surface area contributed by atoms with Crippen LogP contribution in [0.15, 0.2) is 18.2 Å². The highest BCUT2D eigenvalue weighted by Crippen LogP contribution is 2.28. The number of aliphatic carboxylic acids is 1. The lowest BCUT2D eigenvalue weighted by atomic mass is 9.98. The molecule has 3 N–H and O–H groups in total. The van der Waals surface area contributed by atoms with Gasteiger partial charge in [0.15, 0.2) is 0 Å². The molecule has 0 heterocycles. The summed E-state index contributed by atoms with van der Waals surface area (Å²) >= 11 is 0. The third kappa shape index (κ3) is 2.52. The van der Waals surface area contributed by atoms with Crippen LogP contribution in [0.4, 0.5) is 0 Å². The molecule has 0 radical (unpaired) electrons. The summed E-state index contributed by atoms with van der Waals surface area (Å²) in [4.78, 5) is 10.8. The summed E-state index contributed by atoms with van der Waals surface area (Å²) in [5.41, 5.74) is 7.16. The number of carboxylic acid groups (broad SMARTS) is 1.